The van der Waals surface area contributed by atoms with Crippen LogP contribution in [-0.2, 0) is 35.7 Å². The Kier molecular flexibility index (Phi) is 13.8. The molecule has 3 aromatic carbocycles. The maximum Gasteiger partial charge on any atom is 0.306 e. The highest BCUT2D eigenvalue weighted by atomic mass is 35.5. The number of nitrogens with zero attached hydrogens (tertiary/aromatic N) is 4. The van der Waals surface area contributed by atoms with Crippen molar-refractivity contribution in [3.8, 4) is 39.5 Å². The van der Waals surface area contributed by atoms with E-state index >= 15 is 0 Å². The first-order chi connectivity index (χ1) is 29.4. The quantitative estimate of drug-likeness (QED) is 0.0496. The summed E-state index contributed by atoms with van der Waals surface area (Å²) < 4.78 is 13.7. The minimum atomic E-state index is -1.11. The monoisotopic (exact) mass is 862 g/mol. The number of thiazole rings is 1. The van der Waals surface area contributed by atoms with E-state index in [1.54, 1.807) is 29.7 Å². The van der Waals surface area contributed by atoms with Crippen molar-refractivity contribution >= 4 is 45.1 Å². The predicted molar refractivity (Wildman–Crippen MR) is 229 cm³/mol. The van der Waals surface area contributed by atoms with Crippen molar-refractivity contribution in [2.24, 2.45) is 0 Å². The summed E-state index contributed by atoms with van der Waals surface area (Å²) in [4.78, 5) is 35.7. The summed E-state index contributed by atoms with van der Waals surface area (Å²) in [6, 6.07) is 23.9. The molecule has 7 rings (SSSR count). The first kappa shape index (κ1) is 43.1. The molecule has 0 saturated carbocycles. The van der Waals surface area contributed by atoms with Crippen LogP contribution < -0.4 is 20.1 Å². The molecule has 6 aromatic rings. The number of aliphatic carboxylic acids is 2. The number of aromatic nitrogens is 3. The van der Waals surface area contributed by atoms with E-state index in [2.05, 4.69) is 58.9 Å². The number of aliphatic hydroxyl groups is 2. The number of nitriles is 1. The van der Waals surface area contributed by atoms with Gasteiger partial charge in [-0.2, -0.15) is 10.2 Å². The molecule has 3 aromatic heterocycles. The summed E-state index contributed by atoms with van der Waals surface area (Å²) >= 11 is 8.41. The van der Waals surface area contributed by atoms with E-state index in [1.165, 1.54) is 11.8 Å². The summed E-state index contributed by atoms with van der Waals surface area (Å²) in [5, 5.41) is 54.6. The Morgan fingerprint density at radius 3 is 2.38 bits per heavy atom. The molecule has 0 fully saturated rings. The molecule has 16 heteroatoms. The first-order valence-corrected chi connectivity index (χ1v) is 20.8. The van der Waals surface area contributed by atoms with Gasteiger partial charge in [-0.15, -0.1) is 11.3 Å². The summed E-state index contributed by atoms with van der Waals surface area (Å²) in [6.07, 6.45) is 1.38. The lowest BCUT2D eigenvalue weighted by molar-refractivity contribution is -0.140. The van der Waals surface area contributed by atoms with Crippen LogP contribution in [0.5, 0.6) is 11.8 Å². The van der Waals surface area contributed by atoms with Crippen molar-refractivity contribution in [2.75, 3.05) is 13.1 Å². The normalized spacial score (nSPS) is 14.3. The smallest absolute Gasteiger partial charge is 0.306 e. The van der Waals surface area contributed by atoms with Gasteiger partial charge in [0.1, 0.15) is 28.8 Å². The highest BCUT2D eigenvalue weighted by molar-refractivity contribution is 7.21. The zero-order valence-electron chi connectivity index (χ0n) is 33.1. The van der Waals surface area contributed by atoms with Gasteiger partial charge in [0.2, 0.25) is 11.8 Å². The van der Waals surface area contributed by atoms with Gasteiger partial charge in [-0.05, 0) is 77.4 Å². The number of halogens is 1. The number of fused-ring (bicyclic) bond motifs is 2. The Morgan fingerprint density at radius 2 is 1.62 bits per heavy atom. The van der Waals surface area contributed by atoms with Crippen LogP contribution in [0.15, 0.2) is 79.1 Å². The second-order valence-corrected chi connectivity index (χ2v) is 16.2. The van der Waals surface area contributed by atoms with E-state index < -0.39 is 30.6 Å². The largest absolute Gasteiger partial charge is 0.481 e. The fourth-order valence-corrected chi connectivity index (χ4v) is 8.72. The highest BCUT2D eigenvalue weighted by Gasteiger charge is 2.29. The Morgan fingerprint density at radius 1 is 0.902 bits per heavy atom. The molecular formula is C45H43ClN6O8S. The number of hydrogen-bond donors (Lipinski definition) is 6. The zero-order chi connectivity index (χ0) is 43.0. The van der Waals surface area contributed by atoms with Crippen LogP contribution in [0, 0.1) is 18.3 Å². The molecular weight excluding hydrogens is 820 g/mol. The standard InChI is InChI=1S/C45H43ClN6O8S/c1-25-32(4-2-5-33(25)45-51-38-10-8-26(13-40(38)61-45)18-49-22-30(53)15-41(55)56)34-6-3-7-36-35(34)9-11-39(36)60-44-37(46)14-29(21-50-23-31(54)16-42(57)58)43(52-44)59-24-28-12-27(17-47)19-48-20-28/h2-8,10,12-14,19-20,30-31,39,49-50,53-54H,9,11,15-16,18,21-24H2,1H3,(H,55,56)(H,57,58)/t30?,31?,39-/m0/s1. The van der Waals surface area contributed by atoms with E-state index in [4.69, 9.17) is 41.3 Å². The lowest BCUT2D eigenvalue weighted by Crippen LogP contribution is -2.28. The van der Waals surface area contributed by atoms with Crippen molar-refractivity contribution < 1.29 is 39.5 Å². The third kappa shape index (κ3) is 10.7. The van der Waals surface area contributed by atoms with Gasteiger partial charge in [-0.3, -0.25) is 14.6 Å². The van der Waals surface area contributed by atoms with Crippen LogP contribution >= 0.6 is 22.9 Å². The molecule has 314 valence electrons. The summed E-state index contributed by atoms with van der Waals surface area (Å²) in [5.74, 6) is -1.74. The summed E-state index contributed by atoms with van der Waals surface area (Å²) in [7, 11) is 0. The van der Waals surface area contributed by atoms with Crippen molar-refractivity contribution in [1.82, 2.24) is 25.6 Å². The van der Waals surface area contributed by atoms with E-state index in [1.807, 2.05) is 24.3 Å². The average Bonchev–Trinajstić information content (AvgIpc) is 3.85. The minimum absolute atomic E-state index is 0.0195. The molecule has 6 N–H and O–H groups in total. The molecule has 1 aliphatic rings. The minimum Gasteiger partial charge on any atom is -0.481 e. The van der Waals surface area contributed by atoms with Crippen molar-refractivity contribution in [3.05, 3.63) is 123 Å². The van der Waals surface area contributed by atoms with Crippen molar-refractivity contribution in [1.29, 1.82) is 5.26 Å². The van der Waals surface area contributed by atoms with Crippen LogP contribution in [0.1, 0.15) is 64.3 Å². The van der Waals surface area contributed by atoms with E-state index in [0.29, 0.717) is 29.7 Å². The van der Waals surface area contributed by atoms with Gasteiger partial charge >= 0.3 is 11.9 Å². The average molecular weight is 863 g/mol. The van der Waals surface area contributed by atoms with Gasteiger partial charge in [0.05, 0.1) is 40.8 Å². The predicted octanol–water partition coefficient (Wildman–Crippen LogP) is 6.75. The summed E-state index contributed by atoms with van der Waals surface area (Å²) in [6.45, 7) is 3.02. The molecule has 3 heterocycles. The molecule has 61 heavy (non-hydrogen) atoms. The first-order valence-electron chi connectivity index (χ1n) is 19.6. The maximum absolute atomic E-state index is 11.0. The van der Waals surface area contributed by atoms with Crippen molar-refractivity contribution in [2.45, 2.75) is 70.6 Å². The Balaban J connectivity index is 1.10. The SMILES string of the molecule is Cc1c(-c2nc3ccc(CNCC(O)CC(=O)O)cc3s2)cccc1-c1cccc2c1CC[C@@H]2Oc1nc(OCc2cncc(C#N)c2)c(CNCC(O)CC(=O)O)cc1Cl. The van der Waals surface area contributed by atoms with E-state index in [0.717, 1.165) is 55.0 Å². The number of aliphatic hydroxyl groups excluding tert-OH is 2. The number of benzene rings is 3. The number of carbonyl (C=O) groups is 2. The fourth-order valence-electron chi connectivity index (χ4n) is 7.39. The molecule has 0 radical (unpaired) electrons. The van der Waals surface area contributed by atoms with Gasteiger partial charge in [-0.1, -0.05) is 54.1 Å². The molecule has 0 bridgehead atoms. The molecule has 0 aliphatic heterocycles. The van der Waals surface area contributed by atoms with E-state index in [9.17, 15) is 25.1 Å². The third-order valence-electron chi connectivity index (χ3n) is 10.3. The number of hydrogen-bond acceptors (Lipinski definition) is 13. The maximum atomic E-state index is 11.0. The number of nitrogens with one attached hydrogen (secondary N) is 2. The van der Waals surface area contributed by atoms with Gasteiger partial charge in [0.15, 0.2) is 0 Å². The van der Waals surface area contributed by atoms with Crippen LogP contribution in [-0.4, -0.2) is 72.6 Å². The molecule has 2 unspecified atom stereocenters. The van der Waals surface area contributed by atoms with E-state index in [-0.39, 0.29) is 55.5 Å². The van der Waals surface area contributed by atoms with Crippen LogP contribution in [0.4, 0.5) is 0 Å². The lowest BCUT2D eigenvalue weighted by Gasteiger charge is -2.19. The second-order valence-electron chi connectivity index (χ2n) is 14.8. The second kappa shape index (κ2) is 19.6. The van der Waals surface area contributed by atoms with Crippen LogP contribution in [0.3, 0.4) is 0 Å². The van der Waals surface area contributed by atoms with Crippen LogP contribution in [0.2, 0.25) is 5.02 Å². The molecule has 1 aliphatic carbocycles. The zero-order valence-corrected chi connectivity index (χ0v) is 34.7. The third-order valence-corrected chi connectivity index (χ3v) is 11.6. The summed E-state index contributed by atoms with van der Waals surface area (Å²) in [5.41, 5.74) is 9.99. The lowest BCUT2D eigenvalue weighted by atomic mass is 9.91. The Labute approximate surface area is 360 Å². The molecule has 0 amide bonds. The highest BCUT2D eigenvalue weighted by Crippen LogP contribution is 2.44. The van der Waals surface area contributed by atoms with Gasteiger partial charge in [-0.25, -0.2) is 4.98 Å². The fraction of sp³-hybridized carbons (Fsp3) is 0.289. The number of rotatable bonds is 19. The number of pyridine rings is 2. The molecule has 0 spiro atoms. The number of ether oxygens (including phenoxy) is 2. The molecule has 3 atom stereocenters. The van der Waals surface area contributed by atoms with Crippen LogP contribution in [0.25, 0.3) is 31.9 Å². The van der Waals surface area contributed by atoms with Gasteiger partial charge in [0.25, 0.3) is 0 Å². The Hall–Kier alpha value is -5.99. The molecule has 14 nitrogen and oxygen atoms in total. The van der Waals surface area contributed by atoms with Crippen molar-refractivity contribution in [3.63, 3.8) is 0 Å². The topological polar surface area (TPSA) is 220 Å². The molecule has 0 saturated heterocycles. The number of carboxylic acid groups (broad SMARTS) is 2. The Bertz CT molecular complexity index is 2620. The van der Waals surface area contributed by atoms with Gasteiger partial charge in [0, 0.05) is 55.3 Å². The van der Waals surface area contributed by atoms with Gasteiger partial charge < -0.3 is 40.5 Å². The number of carboxylic acids is 2.